The molecule has 0 aliphatic carbocycles. The molecule has 0 bridgehead atoms. The highest BCUT2D eigenvalue weighted by Crippen LogP contribution is 2.50. The predicted molar refractivity (Wildman–Crippen MR) is 128 cm³/mol. The zero-order valence-corrected chi connectivity index (χ0v) is 19.7. The molecule has 0 N–H and O–H groups in total. The Kier molecular flexibility index (Phi) is 5.67. The second kappa shape index (κ2) is 8.66. The Bertz CT molecular complexity index is 1270. The van der Waals surface area contributed by atoms with Gasteiger partial charge in [-0.05, 0) is 55.0 Å². The maximum Gasteiger partial charge on any atom is 0.266 e. The number of halogens is 1. The van der Waals surface area contributed by atoms with Crippen molar-refractivity contribution in [2.24, 2.45) is 5.92 Å². The fourth-order valence-electron chi connectivity index (χ4n) is 4.68. The summed E-state index contributed by atoms with van der Waals surface area (Å²) >= 11 is 6.29. The van der Waals surface area contributed by atoms with E-state index in [0.717, 1.165) is 5.69 Å². The van der Waals surface area contributed by atoms with Crippen molar-refractivity contribution >= 4 is 34.8 Å². The van der Waals surface area contributed by atoms with E-state index in [9.17, 15) is 9.59 Å². The van der Waals surface area contributed by atoms with Crippen molar-refractivity contribution in [3.05, 3.63) is 82.9 Å². The number of carbonyl (C=O) groups is 2. The van der Waals surface area contributed by atoms with Gasteiger partial charge in [0.25, 0.3) is 5.91 Å². The van der Waals surface area contributed by atoms with Crippen LogP contribution < -0.4 is 19.4 Å². The third-order valence-electron chi connectivity index (χ3n) is 6.36. The van der Waals surface area contributed by atoms with E-state index < -0.39 is 24.0 Å². The molecule has 8 heteroatoms. The summed E-state index contributed by atoms with van der Waals surface area (Å²) in [7, 11) is 3.14. The molecular weight excluding hydrogens is 456 g/mol. The summed E-state index contributed by atoms with van der Waals surface area (Å²) in [5, 5.41) is 2.11. The second-order valence-electron chi connectivity index (χ2n) is 8.16. The number of fused-ring (bicyclic) bond motifs is 1. The first-order valence-electron chi connectivity index (χ1n) is 10.8. The van der Waals surface area contributed by atoms with Crippen molar-refractivity contribution in [3.8, 4) is 11.5 Å². The quantitative estimate of drug-likeness (QED) is 0.494. The van der Waals surface area contributed by atoms with E-state index in [2.05, 4.69) is 0 Å². The van der Waals surface area contributed by atoms with Crippen molar-refractivity contribution in [1.29, 1.82) is 0 Å². The largest absolute Gasteiger partial charge is 0.497 e. The molecule has 5 rings (SSSR count). The van der Waals surface area contributed by atoms with Crippen molar-refractivity contribution in [2.45, 2.75) is 19.1 Å². The number of hydrogen-bond donors (Lipinski definition) is 0. The molecule has 2 amide bonds. The van der Waals surface area contributed by atoms with Crippen molar-refractivity contribution in [3.63, 3.8) is 0 Å². The fraction of sp³-hybridized carbons (Fsp3) is 0.231. The molecule has 0 radical (unpaired) electrons. The second-order valence-corrected chi connectivity index (χ2v) is 8.57. The highest BCUT2D eigenvalue weighted by atomic mass is 35.5. The zero-order chi connectivity index (χ0) is 24.0. The van der Waals surface area contributed by atoms with E-state index in [1.807, 2.05) is 36.4 Å². The van der Waals surface area contributed by atoms with Crippen molar-refractivity contribution < 1.29 is 23.9 Å². The monoisotopic (exact) mass is 478 g/mol. The Morgan fingerprint density at radius 1 is 0.912 bits per heavy atom. The van der Waals surface area contributed by atoms with Gasteiger partial charge in [-0.3, -0.25) is 14.4 Å². The highest BCUT2D eigenvalue weighted by Gasteiger charge is 2.61. The Balaban J connectivity index is 1.65. The Morgan fingerprint density at radius 2 is 1.68 bits per heavy atom. The number of amides is 2. The van der Waals surface area contributed by atoms with E-state index in [0.29, 0.717) is 33.3 Å². The van der Waals surface area contributed by atoms with Gasteiger partial charge in [-0.25, -0.2) is 9.96 Å². The van der Waals surface area contributed by atoms with Crippen LogP contribution >= 0.6 is 11.6 Å². The van der Waals surface area contributed by atoms with E-state index in [1.54, 1.807) is 56.5 Å². The average molecular weight is 479 g/mol. The SMILES string of the molecule is COc1ccc(OC)c([C@@H]2[C@H]3C(=O)N(c4cccc(Cl)c4C)C(=O)[C@@H]3ON2c2ccccc2)c1. The summed E-state index contributed by atoms with van der Waals surface area (Å²) in [5.74, 6) is -0.411. The molecule has 3 atom stereocenters. The fourth-order valence-corrected chi connectivity index (χ4v) is 4.85. The third kappa shape index (κ3) is 3.40. The number of para-hydroxylation sites is 1. The number of nitrogens with zero attached hydrogens (tertiary/aromatic N) is 2. The van der Waals surface area contributed by atoms with Crippen LogP contribution in [0.5, 0.6) is 11.5 Å². The van der Waals surface area contributed by atoms with E-state index in [1.165, 1.54) is 4.90 Å². The number of rotatable bonds is 5. The topological polar surface area (TPSA) is 68.3 Å². The molecule has 0 saturated carbocycles. The van der Waals surface area contributed by atoms with Gasteiger partial charge in [0.05, 0.1) is 25.6 Å². The van der Waals surface area contributed by atoms with E-state index in [4.69, 9.17) is 25.9 Å². The van der Waals surface area contributed by atoms with Crippen LogP contribution in [0.3, 0.4) is 0 Å². The average Bonchev–Trinajstić information content (AvgIpc) is 3.37. The molecule has 2 saturated heterocycles. The molecule has 3 aromatic carbocycles. The number of imide groups is 1. The number of methoxy groups -OCH3 is 2. The number of benzene rings is 3. The Hall–Kier alpha value is -3.55. The maximum atomic E-state index is 13.9. The van der Waals surface area contributed by atoms with Gasteiger partial charge in [0.1, 0.15) is 23.5 Å². The first-order valence-corrected chi connectivity index (χ1v) is 11.2. The molecular formula is C26H23ClN2O5. The molecule has 3 aromatic rings. The van der Waals surface area contributed by atoms with Gasteiger partial charge in [0.2, 0.25) is 5.91 Å². The lowest BCUT2D eigenvalue weighted by molar-refractivity contribution is -0.126. The molecule has 0 unspecified atom stereocenters. The van der Waals surface area contributed by atoms with Crippen LogP contribution in [0.25, 0.3) is 0 Å². The predicted octanol–water partition coefficient (Wildman–Crippen LogP) is 4.72. The van der Waals surface area contributed by atoms with Crippen LogP contribution in [0, 0.1) is 12.8 Å². The molecule has 2 aliphatic heterocycles. The maximum absolute atomic E-state index is 13.9. The molecule has 34 heavy (non-hydrogen) atoms. The van der Waals surface area contributed by atoms with E-state index >= 15 is 0 Å². The molecule has 2 aliphatic rings. The van der Waals surface area contributed by atoms with Gasteiger partial charge >= 0.3 is 0 Å². The number of hydrogen-bond acceptors (Lipinski definition) is 6. The standard InChI is InChI=1S/C26H23ClN2O5/c1-15-19(27)10-7-11-20(15)28-25(30)22-23(18-14-17(32-2)12-13-21(18)33-3)29(34-24(22)26(28)31)16-8-5-4-6-9-16/h4-14,22-24H,1-3H3/t22-,23-,24-/m1/s1. The molecule has 0 aromatic heterocycles. The van der Waals surface area contributed by atoms with Crippen LogP contribution in [-0.2, 0) is 14.4 Å². The molecule has 174 valence electrons. The normalized spacial score (nSPS) is 21.7. The summed E-state index contributed by atoms with van der Waals surface area (Å²) in [4.78, 5) is 34.8. The summed E-state index contributed by atoms with van der Waals surface area (Å²) < 4.78 is 11.1. The number of hydroxylamine groups is 1. The van der Waals surface area contributed by atoms with Crippen molar-refractivity contribution in [2.75, 3.05) is 24.2 Å². The van der Waals surface area contributed by atoms with Gasteiger partial charge in [0, 0.05) is 10.6 Å². The van der Waals surface area contributed by atoms with Crippen LogP contribution in [-0.4, -0.2) is 32.1 Å². The van der Waals surface area contributed by atoms with Gasteiger partial charge in [-0.15, -0.1) is 0 Å². The van der Waals surface area contributed by atoms with Gasteiger partial charge in [0.15, 0.2) is 6.10 Å². The van der Waals surface area contributed by atoms with E-state index in [-0.39, 0.29) is 5.91 Å². The first kappa shape index (κ1) is 22.3. The number of anilines is 2. The lowest BCUT2D eigenvalue weighted by Gasteiger charge is -2.30. The van der Waals surface area contributed by atoms with Gasteiger partial charge in [-0.1, -0.05) is 35.9 Å². The Labute approximate surface area is 202 Å². The van der Waals surface area contributed by atoms with Gasteiger partial charge in [-0.2, -0.15) is 0 Å². The first-order chi connectivity index (χ1) is 16.5. The van der Waals surface area contributed by atoms with Gasteiger partial charge < -0.3 is 9.47 Å². The highest BCUT2D eigenvalue weighted by molar-refractivity contribution is 6.32. The minimum Gasteiger partial charge on any atom is -0.497 e. The van der Waals surface area contributed by atoms with Crippen LogP contribution in [0.15, 0.2) is 66.7 Å². The minimum absolute atomic E-state index is 0.353. The summed E-state index contributed by atoms with van der Waals surface area (Å²) in [6, 6.07) is 19.3. The van der Waals surface area contributed by atoms with Crippen LogP contribution in [0.2, 0.25) is 5.02 Å². The van der Waals surface area contributed by atoms with Crippen LogP contribution in [0.1, 0.15) is 17.2 Å². The number of carbonyl (C=O) groups excluding carboxylic acids is 2. The summed E-state index contributed by atoms with van der Waals surface area (Å²) in [5.41, 5.74) is 2.52. The molecule has 7 nitrogen and oxygen atoms in total. The smallest absolute Gasteiger partial charge is 0.266 e. The minimum atomic E-state index is -0.994. The molecule has 0 spiro atoms. The summed E-state index contributed by atoms with van der Waals surface area (Å²) in [6.45, 7) is 1.78. The summed E-state index contributed by atoms with van der Waals surface area (Å²) in [6.07, 6.45) is -0.994. The third-order valence-corrected chi connectivity index (χ3v) is 6.77. The lowest BCUT2D eigenvalue weighted by atomic mass is 9.89. The Morgan fingerprint density at radius 3 is 2.38 bits per heavy atom. The van der Waals surface area contributed by atoms with Crippen LogP contribution in [0.4, 0.5) is 11.4 Å². The lowest BCUT2D eigenvalue weighted by Crippen LogP contribution is -2.37. The molecule has 2 fully saturated rings. The van der Waals surface area contributed by atoms with Crippen molar-refractivity contribution in [1.82, 2.24) is 0 Å². The zero-order valence-electron chi connectivity index (χ0n) is 18.9. The number of ether oxygens (including phenoxy) is 2. The molecule has 2 heterocycles.